The third kappa shape index (κ3) is 2.37. The van der Waals surface area contributed by atoms with Crippen LogP contribution in [0.2, 0.25) is 0 Å². The standard InChI is InChI=1S/C13H22ClNO/c1-9(7-14)13(16)15(2)8-12-6-10-3-4-11(12)5-10/h9-12H,3-8H2,1-2H3. The average Bonchev–Trinajstić information content (AvgIpc) is 2.88. The summed E-state index contributed by atoms with van der Waals surface area (Å²) >= 11 is 5.72. The number of alkyl halides is 1. The van der Waals surface area contributed by atoms with Crippen molar-refractivity contribution >= 4 is 17.5 Å². The Labute approximate surface area is 103 Å². The maximum Gasteiger partial charge on any atom is 0.226 e. The van der Waals surface area contributed by atoms with Crippen molar-refractivity contribution in [3.8, 4) is 0 Å². The van der Waals surface area contributed by atoms with Gasteiger partial charge in [-0.3, -0.25) is 4.79 Å². The SMILES string of the molecule is CC(CCl)C(=O)N(C)CC1CC2CCC1C2. The van der Waals surface area contributed by atoms with Crippen LogP contribution in [0.5, 0.6) is 0 Å². The van der Waals surface area contributed by atoms with Crippen LogP contribution >= 0.6 is 11.6 Å². The predicted molar refractivity (Wildman–Crippen MR) is 66.5 cm³/mol. The van der Waals surface area contributed by atoms with Crippen molar-refractivity contribution in [1.29, 1.82) is 0 Å². The van der Waals surface area contributed by atoms with Crippen LogP contribution in [0.4, 0.5) is 0 Å². The van der Waals surface area contributed by atoms with Crippen LogP contribution in [0.1, 0.15) is 32.6 Å². The summed E-state index contributed by atoms with van der Waals surface area (Å²) in [5.41, 5.74) is 0. The van der Waals surface area contributed by atoms with Gasteiger partial charge in [-0.1, -0.05) is 13.3 Å². The summed E-state index contributed by atoms with van der Waals surface area (Å²) in [4.78, 5) is 13.8. The fourth-order valence-electron chi connectivity index (χ4n) is 3.48. The molecule has 0 heterocycles. The number of rotatable bonds is 4. The number of halogens is 1. The minimum atomic E-state index is -0.0368. The Balaban J connectivity index is 1.83. The van der Waals surface area contributed by atoms with E-state index in [4.69, 9.17) is 11.6 Å². The molecule has 0 spiro atoms. The number of hydrogen-bond acceptors (Lipinski definition) is 1. The van der Waals surface area contributed by atoms with Gasteiger partial charge >= 0.3 is 0 Å². The van der Waals surface area contributed by atoms with Gasteiger partial charge in [0.15, 0.2) is 0 Å². The van der Waals surface area contributed by atoms with Crippen molar-refractivity contribution in [2.45, 2.75) is 32.6 Å². The Morgan fingerprint density at radius 3 is 2.69 bits per heavy atom. The third-order valence-corrected chi connectivity index (χ3v) is 4.89. The largest absolute Gasteiger partial charge is 0.345 e. The Morgan fingerprint density at radius 2 is 2.19 bits per heavy atom. The first-order valence-electron chi connectivity index (χ1n) is 6.42. The second kappa shape index (κ2) is 4.95. The van der Waals surface area contributed by atoms with E-state index in [1.54, 1.807) is 0 Å². The number of hydrogen-bond donors (Lipinski definition) is 0. The molecule has 92 valence electrons. The maximum atomic E-state index is 11.9. The molecule has 0 aromatic carbocycles. The topological polar surface area (TPSA) is 20.3 Å². The first-order chi connectivity index (χ1) is 7.61. The molecular formula is C13H22ClNO. The molecule has 16 heavy (non-hydrogen) atoms. The fraction of sp³-hybridized carbons (Fsp3) is 0.923. The summed E-state index contributed by atoms with van der Waals surface area (Å²) in [6, 6.07) is 0. The summed E-state index contributed by atoms with van der Waals surface area (Å²) in [6.45, 7) is 2.86. The zero-order valence-corrected chi connectivity index (χ0v) is 11.0. The van der Waals surface area contributed by atoms with E-state index in [1.807, 2.05) is 18.9 Å². The smallest absolute Gasteiger partial charge is 0.226 e. The zero-order valence-electron chi connectivity index (χ0n) is 10.3. The maximum absolute atomic E-state index is 11.9. The summed E-state index contributed by atoms with van der Waals surface area (Å²) in [7, 11) is 1.93. The van der Waals surface area contributed by atoms with Crippen molar-refractivity contribution in [3.05, 3.63) is 0 Å². The first kappa shape index (κ1) is 12.2. The monoisotopic (exact) mass is 243 g/mol. The summed E-state index contributed by atoms with van der Waals surface area (Å²) in [5.74, 6) is 3.22. The lowest BCUT2D eigenvalue weighted by molar-refractivity contribution is -0.133. The van der Waals surface area contributed by atoms with Gasteiger partial charge in [0.1, 0.15) is 0 Å². The number of amides is 1. The van der Waals surface area contributed by atoms with Gasteiger partial charge in [-0.25, -0.2) is 0 Å². The molecule has 1 amide bonds. The molecule has 2 rings (SSSR count). The van der Waals surface area contributed by atoms with Crippen LogP contribution in [-0.2, 0) is 4.79 Å². The molecule has 0 aromatic rings. The highest BCUT2D eigenvalue weighted by molar-refractivity contribution is 6.19. The molecule has 0 aromatic heterocycles. The van der Waals surface area contributed by atoms with Gasteiger partial charge < -0.3 is 4.90 Å². The lowest BCUT2D eigenvalue weighted by Gasteiger charge is -2.28. The van der Waals surface area contributed by atoms with Crippen molar-refractivity contribution in [1.82, 2.24) is 4.90 Å². The molecule has 0 N–H and O–H groups in total. The second-order valence-corrected chi connectivity index (χ2v) is 6.02. The summed E-state index contributed by atoms with van der Waals surface area (Å²) in [6.07, 6.45) is 5.58. The Bertz CT molecular complexity index is 269. The van der Waals surface area contributed by atoms with Crippen LogP contribution in [-0.4, -0.2) is 30.3 Å². The number of carbonyl (C=O) groups is 1. The van der Waals surface area contributed by atoms with Gasteiger partial charge in [-0.05, 0) is 37.0 Å². The third-order valence-electron chi connectivity index (χ3n) is 4.42. The summed E-state index contributed by atoms with van der Waals surface area (Å²) < 4.78 is 0. The van der Waals surface area contributed by atoms with Crippen LogP contribution in [0.25, 0.3) is 0 Å². The normalized spacial score (nSPS) is 34.1. The zero-order chi connectivity index (χ0) is 11.7. The highest BCUT2D eigenvalue weighted by Crippen LogP contribution is 2.48. The highest BCUT2D eigenvalue weighted by Gasteiger charge is 2.40. The molecule has 2 aliphatic carbocycles. The molecule has 3 heteroatoms. The minimum Gasteiger partial charge on any atom is -0.345 e. The van der Waals surface area contributed by atoms with Gasteiger partial charge in [0.2, 0.25) is 5.91 Å². The Hall–Kier alpha value is -0.240. The van der Waals surface area contributed by atoms with Gasteiger partial charge in [-0.2, -0.15) is 0 Å². The predicted octanol–water partition coefficient (Wildman–Crippen LogP) is 2.76. The van der Waals surface area contributed by atoms with Crippen LogP contribution in [0.3, 0.4) is 0 Å². The molecule has 2 saturated carbocycles. The highest BCUT2D eigenvalue weighted by atomic mass is 35.5. The van der Waals surface area contributed by atoms with Gasteiger partial charge in [0, 0.05) is 25.4 Å². The lowest BCUT2D eigenvalue weighted by atomic mass is 9.88. The Kier molecular flexibility index (Phi) is 3.78. The average molecular weight is 244 g/mol. The number of nitrogens with zero attached hydrogens (tertiary/aromatic N) is 1. The molecule has 2 fully saturated rings. The fourth-order valence-corrected chi connectivity index (χ4v) is 3.62. The molecular weight excluding hydrogens is 222 g/mol. The van der Waals surface area contributed by atoms with Crippen LogP contribution in [0.15, 0.2) is 0 Å². The molecule has 4 atom stereocenters. The number of carbonyl (C=O) groups excluding carboxylic acids is 1. The minimum absolute atomic E-state index is 0.0368. The van der Waals surface area contributed by atoms with E-state index in [-0.39, 0.29) is 11.8 Å². The number of fused-ring (bicyclic) bond motifs is 2. The van der Waals surface area contributed by atoms with Crippen molar-refractivity contribution < 1.29 is 4.79 Å². The van der Waals surface area contributed by atoms with Crippen molar-refractivity contribution in [2.24, 2.45) is 23.7 Å². The molecule has 0 saturated heterocycles. The molecule has 4 unspecified atom stereocenters. The van der Waals surface area contributed by atoms with E-state index in [0.717, 1.165) is 24.3 Å². The van der Waals surface area contributed by atoms with Gasteiger partial charge in [0.05, 0.1) is 0 Å². The van der Waals surface area contributed by atoms with E-state index in [1.165, 1.54) is 25.7 Å². The van der Waals surface area contributed by atoms with Gasteiger partial charge in [0.25, 0.3) is 0 Å². The van der Waals surface area contributed by atoms with Crippen molar-refractivity contribution in [2.75, 3.05) is 19.5 Å². The van der Waals surface area contributed by atoms with E-state index < -0.39 is 0 Å². The first-order valence-corrected chi connectivity index (χ1v) is 6.96. The van der Waals surface area contributed by atoms with Crippen LogP contribution in [0, 0.1) is 23.7 Å². The summed E-state index contributed by atoms with van der Waals surface area (Å²) in [5, 5.41) is 0. The van der Waals surface area contributed by atoms with Crippen LogP contribution < -0.4 is 0 Å². The van der Waals surface area contributed by atoms with Crippen molar-refractivity contribution in [3.63, 3.8) is 0 Å². The van der Waals surface area contributed by atoms with Gasteiger partial charge in [-0.15, -0.1) is 11.6 Å². The molecule has 2 nitrogen and oxygen atoms in total. The van der Waals surface area contributed by atoms with E-state index >= 15 is 0 Å². The Morgan fingerprint density at radius 1 is 1.44 bits per heavy atom. The second-order valence-electron chi connectivity index (χ2n) is 5.71. The molecule has 2 aliphatic rings. The van der Waals surface area contributed by atoms with E-state index in [2.05, 4.69) is 0 Å². The molecule has 2 bridgehead atoms. The molecule has 0 radical (unpaired) electrons. The van der Waals surface area contributed by atoms with E-state index in [9.17, 15) is 4.79 Å². The molecule has 0 aliphatic heterocycles. The van der Waals surface area contributed by atoms with E-state index in [0.29, 0.717) is 5.88 Å². The lowest BCUT2D eigenvalue weighted by Crippen LogP contribution is -2.37. The quantitative estimate of drug-likeness (QED) is 0.696.